The number of aliphatic imine (C=N–C) groups is 1. The zero-order chi connectivity index (χ0) is 28.2. The fraction of sp³-hybridized carbons (Fsp3) is 0.258. The van der Waals surface area contributed by atoms with E-state index in [9.17, 15) is 4.79 Å². The first-order chi connectivity index (χ1) is 19.6. The van der Waals surface area contributed by atoms with Gasteiger partial charge in [-0.2, -0.15) is 9.78 Å². The second-order valence-corrected chi connectivity index (χ2v) is 9.51. The van der Waals surface area contributed by atoms with Crippen molar-refractivity contribution in [2.75, 3.05) is 21.3 Å². The summed E-state index contributed by atoms with van der Waals surface area (Å²) in [4.78, 5) is 27.4. The first kappa shape index (κ1) is 27.0. The highest BCUT2D eigenvalue weighted by atomic mass is 16.5. The number of ether oxygens (including phenoxy) is 2. The lowest BCUT2D eigenvalue weighted by molar-refractivity contribution is 0.207. The van der Waals surface area contributed by atoms with Gasteiger partial charge < -0.3 is 14.6 Å². The number of pyridine rings is 2. The number of aromatic nitrogens is 4. The van der Waals surface area contributed by atoms with Crippen LogP contribution in [0.1, 0.15) is 18.9 Å². The van der Waals surface area contributed by atoms with Crippen molar-refractivity contribution in [3.63, 3.8) is 0 Å². The third-order valence-electron chi connectivity index (χ3n) is 7.13. The molecule has 0 spiro atoms. The topological polar surface area (TPSA) is 112 Å². The molecule has 0 saturated carbocycles. The van der Waals surface area contributed by atoms with Gasteiger partial charge in [0.15, 0.2) is 17.3 Å². The van der Waals surface area contributed by atoms with E-state index in [0.29, 0.717) is 22.7 Å². The lowest BCUT2D eigenvalue weighted by Crippen LogP contribution is -2.33. The molecule has 0 amide bonds. The van der Waals surface area contributed by atoms with Crippen LogP contribution in [0, 0.1) is 11.8 Å². The van der Waals surface area contributed by atoms with Gasteiger partial charge in [0.2, 0.25) is 0 Å². The van der Waals surface area contributed by atoms with Crippen LogP contribution in [0.5, 0.6) is 0 Å². The maximum atomic E-state index is 13.6. The quantitative estimate of drug-likeness (QED) is 0.403. The molecule has 6 rings (SSSR count). The number of nitrogens with zero attached hydrogens (tertiary/aromatic N) is 5. The van der Waals surface area contributed by atoms with E-state index in [4.69, 9.17) is 24.7 Å². The number of rotatable bonds is 5. The Morgan fingerprint density at radius 3 is 2.40 bits per heavy atom. The van der Waals surface area contributed by atoms with Gasteiger partial charge in [-0.3, -0.25) is 14.8 Å². The van der Waals surface area contributed by atoms with Crippen LogP contribution >= 0.6 is 0 Å². The molecule has 9 heteroatoms. The average Bonchev–Trinajstić information content (AvgIpc) is 3.01. The largest absolute Gasteiger partial charge is 0.493 e. The fourth-order valence-corrected chi connectivity index (χ4v) is 5.37. The van der Waals surface area contributed by atoms with Gasteiger partial charge in [-0.15, -0.1) is 0 Å². The average molecular weight is 538 g/mol. The maximum absolute atomic E-state index is 13.6. The minimum atomic E-state index is -0.235. The standard InChI is InChI=1S/C30H27N5O3.CH4O/c1-18-13-21-14-25(37-2)26(38-3)16-24(21)28(33-18)19-10-12-32-27(15-19)35-30(36)23-9-5-4-8-22(23)29(34-35)20-7-6-11-31-17-20;1-2/h4-12,14-18,21,24H,13H2,1-3H3;2H,1H3. The van der Waals surface area contributed by atoms with Crippen LogP contribution in [-0.2, 0) is 9.47 Å². The van der Waals surface area contributed by atoms with Crippen molar-refractivity contribution < 1.29 is 14.6 Å². The van der Waals surface area contributed by atoms with Crippen molar-refractivity contribution in [2.45, 2.75) is 19.4 Å². The van der Waals surface area contributed by atoms with Gasteiger partial charge in [0.1, 0.15) is 5.69 Å². The summed E-state index contributed by atoms with van der Waals surface area (Å²) in [7, 11) is 4.30. The molecule has 1 N–H and O–H groups in total. The number of allylic oxidation sites excluding steroid dienone is 2. The summed E-state index contributed by atoms with van der Waals surface area (Å²) in [6.45, 7) is 2.11. The first-order valence-electron chi connectivity index (χ1n) is 13.0. The molecular formula is C31H31N5O4. The molecular weight excluding hydrogens is 506 g/mol. The van der Waals surface area contributed by atoms with Crippen molar-refractivity contribution in [3.05, 3.63) is 107 Å². The summed E-state index contributed by atoms with van der Waals surface area (Å²) in [6.07, 6.45) is 10.3. The zero-order valence-corrected chi connectivity index (χ0v) is 22.9. The molecule has 3 aromatic heterocycles. The van der Waals surface area contributed by atoms with Crippen LogP contribution in [0.4, 0.5) is 0 Å². The smallest absolute Gasteiger partial charge is 0.280 e. The highest BCUT2D eigenvalue weighted by Gasteiger charge is 2.35. The van der Waals surface area contributed by atoms with Crippen LogP contribution in [-0.4, -0.2) is 57.9 Å². The number of fused-ring (bicyclic) bond motifs is 2. The molecule has 9 nitrogen and oxygen atoms in total. The first-order valence-corrected chi connectivity index (χ1v) is 13.0. The molecule has 4 aromatic rings. The van der Waals surface area contributed by atoms with Crippen molar-refractivity contribution in [3.8, 4) is 17.1 Å². The van der Waals surface area contributed by atoms with Gasteiger partial charge in [-0.25, -0.2) is 4.98 Å². The van der Waals surface area contributed by atoms with Crippen molar-refractivity contribution in [1.82, 2.24) is 19.7 Å². The number of hydrogen-bond donors (Lipinski definition) is 1. The molecule has 1 aliphatic carbocycles. The number of methoxy groups -OCH3 is 2. The predicted octanol–water partition coefficient (Wildman–Crippen LogP) is 4.34. The van der Waals surface area contributed by atoms with Crippen LogP contribution in [0.3, 0.4) is 0 Å². The van der Waals surface area contributed by atoms with Crippen LogP contribution in [0.25, 0.3) is 27.8 Å². The minimum absolute atomic E-state index is 0.0162. The Morgan fingerprint density at radius 2 is 1.68 bits per heavy atom. The Bertz CT molecular complexity index is 1680. The molecule has 0 fully saturated rings. The molecule has 0 bridgehead atoms. The van der Waals surface area contributed by atoms with Gasteiger partial charge in [0.05, 0.1) is 25.3 Å². The van der Waals surface area contributed by atoms with Crippen LogP contribution in [0.2, 0.25) is 0 Å². The normalized spacial score (nSPS) is 19.8. The Hall–Kier alpha value is -4.63. The second-order valence-electron chi connectivity index (χ2n) is 9.51. The van der Waals surface area contributed by atoms with Crippen LogP contribution in [0.15, 0.2) is 101 Å². The molecule has 40 heavy (non-hydrogen) atoms. The molecule has 2 aliphatic rings. The van der Waals surface area contributed by atoms with Gasteiger partial charge >= 0.3 is 0 Å². The van der Waals surface area contributed by atoms with E-state index in [2.05, 4.69) is 29.0 Å². The van der Waals surface area contributed by atoms with Gasteiger partial charge in [0.25, 0.3) is 5.56 Å². The molecule has 3 unspecified atom stereocenters. The van der Waals surface area contributed by atoms with Crippen molar-refractivity contribution in [1.29, 1.82) is 0 Å². The Labute approximate surface area is 232 Å². The Balaban J connectivity index is 0.00000158. The lowest BCUT2D eigenvalue weighted by atomic mass is 9.76. The lowest BCUT2D eigenvalue weighted by Gasteiger charge is -2.34. The summed E-state index contributed by atoms with van der Waals surface area (Å²) in [5, 5.41) is 13.1. The highest BCUT2D eigenvalue weighted by molar-refractivity contribution is 6.04. The molecule has 0 saturated heterocycles. The van der Waals surface area contributed by atoms with Gasteiger partial charge in [-0.05, 0) is 61.7 Å². The molecule has 4 heterocycles. The number of hydrogen-bond acceptors (Lipinski definition) is 8. The van der Waals surface area contributed by atoms with E-state index in [1.165, 1.54) is 4.68 Å². The fourth-order valence-electron chi connectivity index (χ4n) is 5.37. The van der Waals surface area contributed by atoms with Crippen LogP contribution < -0.4 is 5.56 Å². The number of aliphatic hydroxyl groups excluding tert-OH is 1. The maximum Gasteiger partial charge on any atom is 0.280 e. The Kier molecular flexibility index (Phi) is 7.84. The Morgan fingerprint density at radius 1 is 0.925 bits per heavy atom. The predicted molar refractivity (Wildman–Crippen MR) is 154 cm³/mol. The molecule has 1 aliphatic heterocycles. The summed E-state index contributed by atoms with van der Waals surface area (Å²) >= 11 is 0. The third kappa shape index (κ3) is 4.91. The number of aliphatic hydroxyl groups is 1. The van der Waals surface area contributed by atoms with Crippen molar-refractivity contribution in [2.24, 2.45) is 16.8 Å². The monoisotopic (exact) mass is 537 g/mol. The zero-order valence-electron chi connectivity index (χ0n) is 22.9. The summed E-state index contributed by atoms with van der Waals surface area (Å²) < 4.78 is 12.5. The van der Waals surface area contributed by atoms with Gasteiger partial charge in [0, 0.05) is 54.2 Å². The summed E-state index contributed by atoms with van der Waals surface area (Å²) in [5.41, 5.74) is 3.08. The molecule has 1 aromatic carbocycles. The minimum Gasteiger partial charge on any atom is -0.493 e. The molecule has 3 atom stereocenters. The highest BCUT2D eigenvalue weighted by Crippen LogP contribution is 2.38. The third-order valence-corrected chi connectivity index (χ3v) is 7.13. The van der Waals surface area contributed by atoms with E-state index in [-0.39, 0.29) is 23.4 Å². The number of benzene rings is 1. The molecule has 0 radical (unpaired) electrons. The summed E-state index contributed by atoms with van der Waals surface area (Å²) in [5.74, 6) is 2.11. The van der Waals surface area contributed by atoms with E-state index in [0.717, 1.165) is 41.5 Å². The van der Waals surface area contributed by atoms with E-state index in [1.807, 2.05) is 48.5 Å². The SMILES string of the molecule is CO.COC1=CC2CC(C)N=C(c3ccnc(-n4nc(-c5cccnc5)c5ccccc5c4=O)c3)C2C=C1OC. The van der Waals surface area contributed by atoms with Crippen molar-refractivity contribution >= 4 is 16.5 Å². The van der Waals surface area contributed by atoms with E-state index in [1.54, 1.807) is 32.8 Å². The summed E-state index contributed by atoms with van der Waals surface area (Å²) in [6, 6.07) is 15.2. The van der Waals surface area contributed by atoms with Gasteiger partial charge in [-0.1, -0.05) is 18.2 Å². The van der Waals surface area contributed by atoms with E-state index < -0.39 is 0 Å². The van der Waals surface area contributed by atoms with E-state index >= 15 is 0 Å². The second kappa shape index (κ2) is 11.6. The molecule has 204 valence electrons.